The molecule has 1 aromatic carbocycles. The van der Waals surface area contributed by atoms with E-state index in [4.69, 9.17) is 9.15 Å². The molecule has 0 aliphatic carbocycles. The van der Waals surface area contributed by atoms with Gasteiger partial charge in [-0.15, -0.1) is 10.2 Å². The number of carbonyl (C=O) groups excluding carboxylic acids is 2. The molecule has 28 heavy (non-hydrogen) atoms. The lowest BCUT2D eigenvalue weighted by Gasteiger charge is -2.08. The molecule has 0 bridgehead atoms. The van der Waals surface area contributed by atoms with Crippen LogP contribution in [0.5, 0.6) is 5.75 Å². The van der Waals surface area contributed by atoms with Crippen molar-refractivity contribution in [3.05, 3.63) is 47.0 Å². The number of hydrogen-bond donors (Lipinski definition) is 2. The van der Waals surface area contributed by atoms with Gasteiger partial charge in [-0.05, 0) is 30.0 Å². The highest BCUT2D eigenvalue weighted by Crippen LogP contribution is 2.21. The number of thiophene rings is 1. The zero-order valence-corrected chi connectivity index (χ0v) is 16.1. The second-order valence-corrected chi connectivity index (χ2v) is 6.68. The number of hydrogen-bond acceptors (Lipinski definition) is 7. The maximum absolute atomic E-state index is 12.1. The van der Waals surface area contributed by atoms with Crippen LogP contribution in [-0.4, -0.2) is 28.7 Å². The van der Waals surface area contributed by atoms with Crippen LogP contribution in [0.3, 0.4) is 0 Å². The van der Waals surface area contributed by atoms with Crippen molar-refractivity contribution in [2.24, 2.45) is 0 Å². The minimum atomic E-state index is -0.428. The van der Waals surface area contributed by atoms with E-state index in [1.165, 1.54) is 11.3 Å². The minimum absolute atomic E-state index is 0.0971. The lowest BCUT2D eigenvalue weighted by atomic mass is 10.3. The van der Waals surface area contributed by atoms with Gasteiger partial charge in [0.15, 0.2) is 0 Å². The number of aromatic nitrogens is 2. The fourth-order valence-electron chi connectivity index (χ4n) is 2.30. The van der Waals surface area contributed by atoms with E-state index >= 15 is 0 Å². The standard InChI is InChI=1S/C19H20N4O4S/c1-2-9-20-19(25)21-14-4-3-5-15(11-14)26-17(24)7-6-16-22-23-18(27-16)13-8-10-28-12-13/h3-5,8,10-12H,2,6-7,9H2,1H3,(H2,20,21,25). The molecule has 2 heterocycles. The molecule has 0 radical (unpaired) electrons. The van der Waals surface area contributed by atoms with Crippen LogP contribution < -0.4 is 15.4 Å². The van der Waals surface area contributed by atoms with Crippen molar-refractivity contribution < 1.29 is 18.7 Å². The number of carbonyl (C=O) groups is 2. The maximum atomic E-state index is 12.1. The number of esters is 1. The zero-order chi connectivity index (χ0) is 19.8. The quantitative estimate of drug-likeness (QED) is 0.439. The number of nitrogens with one attached hydrogen (secondary N) is 2. The molecule has 8 nitrogen and oxygen atoms in total. The normalized spacial score (nSPS) is 10.5. The van der Waals surface area contributed by atoms with Crippen LogP contribution in [0.15, 0.2) is 45.5 Å². The van der Waals surface area contributed by atoms with Crippen LogP contribution in [0.1, 0.15) is 25.7 Å². The summed E-state index contributed by atoms with van der Waals surface area (Å²) in [5, 5.41) is 17.2. The number of amides is 2. The molecule has 0 fully saturated rings. The Bertz CT molecular complexity index is 924. The topological polar surface area (TPSA) is 106 Å². The highest BCUT2D eigenvalue weighted by atomic mass is 32.1. The van der Waals surface area contributed by atoms with Gasteiger partial charge in [-0.3, -0.25) is 4.79 Å². The second kappa shape index (κ2) is 9.65. The number of rotatable bonds is 8. The fourth-order valence-corrected chi connectivity index (χ4v) is 2.93. The summed E-state index contributed by atoms with van der Waals surface area (Å²) in [7, 11) is 0. The molecule has 2 N–H and O–H groups in total. The van der Waals surface area contributed by atoms with Gasteiger partial charge in [0.2, 0.25) is 11.8 Å². The Labute approximate surface area is 165 Å². The van der Waals surface area contributed by atoms with Gasteiger partial charge in [-0.25, -0.2) is 4.79 Å². The molecule has 0 spiro atoms. The molecule has 2 aromatic heterocycles. The number of aryl methyl sites for hydroxylation is 1. The second-order valence-electron chi connectivity index (χ2n) is 5.90. The first-order chi connectivity index (χ1) is 13.6. The van der Waals surface area contributed by atoms with Crippen molar-refractivity contribution in [2.45, 2.75) is 26.2 Å². The predicted octanol–water partition coefficient (Wildman–Crippen LogP) is 3.87. The van der Waals surface area contributed by atoms with Crippen molar-refractivity contribution >= 4 is 29.0 Å². The van der Waals surface area contributed by atoms with E-state index in [0.717, 1.165) is 12.0 Å². The van der Waals surface area contributed by atoms with E-state index in [-0.39, 0.29) is 18.9 Å². The first kappa shape index (κ1) is 19.6. The Morgan fingerprint density at radius 2 is 2.14 bits per heavy atom. The van der Waals surface area contributed by atoms with Crippen LogP contribution in [0.2, 0.25) is 0 Å². The Kier molecular flexibility index (Phi) is 6.74. The summed E-state index contributed by atoms with van der Waals surface area (Å²) in [4.78, 5) is 23.8. The van der Waals surface area contributed by atoms with Crippen LogP contribution in [0, 0.1) is 0 Å². The molecule has 2 amide bonds. The average Bonchev–Trinajstić information content (AvgIpc) is 3.36. The first-order valence-corrected chi connectivity index (χ1v) is 9.79. The lowest BCUT2D eigenvalue weighted by Crippen LogP contribution is -2.29. The number of nitrogens with zero attached hydrogens (tertiary/aromatic N) is 2. The summed E-state index contributed by atoms with van der Waals surface area (Å²) in [5.41, 5.74) is 1.40. The molecule has 3 aromatic rings. The fraction of sp³-hybridized carbons (Fsp3) is 0.263. The van der Waals surface area contributed by atoms with Crippen molar-refractivity contribution in [3.63, 3.8) is 0 Å². The van der Waals surface area contributed by atoms with Crippen LogP contribution in [-0.2, 0) is 11.2 Å². The summed E-state index contributed by atoms with van der Waals surface area (Å²) < 4.78 is 10.9. The Morgan fingerprint density at radius 1 is 1.25 bits per heavy atom. The van der Waals surface area contributed by atoms with Gasteiger partial charge in [0.05, 0.1) is 6.42 Å². The largest absolute Gasteiger partial charge is 0.426 e. The number of anilines is 1. The van der Waals surface area contributed by atoms with Crippen LogP contribution in [0.25, 0.3) is 11.5 Å². The number of urea groups is 1. The summed E-state index contributed by atoms with van der Waals surface area (Å²) in [6.45, 7) is 2.56. The SMILES string of the molecule is CCCNC(=O)Nc1cccc(OC(=O)CCc2nnc(-c3ccsc3)o2)c1. The summed E-state index contributed by atoms with van der Waals surface area (Å²) >= 11 is 1.54. The van der Waals surface area contributed by atoms with Crippen LogP contribution in [0.4, 0.5) is 10.5 Å². The third-order valence-corrected chi connectivity index (χ3v) is 4.32. The highest BCUT2D eigenvalue weighted by molar-refractivity contribution is 7.08. The molecule has 0 saturated carbocycles. The van der Waals surface area contributed by atoms with Crippen molar-refractivity contribution in [2.75, 3.05) is 11.9 Å². The number of ether oxygens (including phenoxy) is 1. The Balaban J connectivity index is 1.49. The molecular weight excluding hydrogens is 380 g/mol. The van der Waals surface area contributed by atoms with Gasteiger partial charge >= 0.3 is 12.0 Å². The average molecular weight is 400 g/mol. The smallest absolute Gasteiger partial charge is 0.319 e. The maximum Gasteiger partial charge on any atom is 0.319 e. The van der Waals surface area contributed by atoms with E-state index < -0.39 is 5.97 Å². The minimum Gasteiger partial charge on any atom is -0.426 e. The monoisotopic (exact) mass is 400 g/mol. The van der Waals surface area contributed by atoms with E-state index in [2.05, 4.69) is 20.8 Å². The van der Waals surface area contributed by atoms with Gasteiger partial charge in [0, 0.05) is 35.7 Å². The molecule has 0 saturated heterocycles. The Hall–Kier alpha value is -3.20. The van der Waals surface area contributed by atoms with Gasteiger partial charge in [-0.2, -0.15) is 11.3 Å². The van der Waals surface area contributed by atoms with E-state index in [9.17, 15) is 9.59 Å². The predicted molar refractivity (Wildman–Crippen MR) is 105 cm³/mol. The molecule has 146 valence electrons. The first-order valence-electron chi connectivity index (χ1n) is 8.84. The van der Waals surface area contributed by atoms with Crippen LogP contribution >= 0.6 is 11.3 Å². The van der Waals surface area contributed by atoms with Gasteiger partial charge in [0.1, 0.15) is 5.75 Å². The third-order valence-electron chi connectivity index (χ3n) is 3.64. The Morgan fingerprint density at radius 3 is 2.93 bits per heavy atom. The van der Waals surface area contributed by atoms with Gasteiger partial charge in [0.25, 0.3) is 0 Å². The van der Waals surface area contributed by atoms with Gasteiger partial charge in [-0.1, -0.05) is 13.0 Å². The van der Waals surface area contributed by atoms with Crippen molar-refractivity contribution in [3.8, 4) is 17.2 Å². The molecule has 0 unspecified atom stereocenters. The molecule has 9 heteroatoms. The van der Waals surface area contributed by atoms with E-state index in [1.807, 2.05) is 23.8 Å². The van der Waals surface area contributed by atoms with Crippen molar-refractivity contribution in [1.82, 2.24) is 15.5 Å². The summed E-state index contributed by atoms with van der Waals surface area (Å²) in [6, 6.07) is 8.23. The zero-order valence-electron chi connectivity index (χ0n) is 15.3. The highest BCUT2D eigenvalue weighted by Gasteiger charge is 2.12. The van der Waals surface area contributed by atoms with Crippen molar-refractivity contribution in [1.29, 1.82) is 0 Å². The molecule has 0 aliphatic heterocycles. The lowest BCUT2D eigenvalue weighted by molar-refractivity contribution is -0.134. The van der Waals surface area contributed by atoms with E-state index in [1.54, 1.807) is 24.3 Å². The molecule has 0 atom stereocenters. The molecule has 3 rings (SSSR count). The third kappa shape index (κ3) is 5.65. The molecule has 0 aliphatic rings. The van der Waals surface area contributed by atoms with Gasteiger partial charge < -0.3 is 19.8 Å². The number of benzene rings is 1. The summed E-state index contributed by atoms with van der Waals surface area (Å²) in [5.74, 6) is 0.733. The summed E-state index contributed by atoms with van der Waals surface area (Å²) in [6.07, 6.45) is 1.23. The van der Waals surface area contributed by atoms with E-state index in [0.29, 0.717) is 29.8 Å². The molecular formula is C19H20N4O4S.